The molecule has 0 spiro atoms. The fourth-order valence-corrected chi connectivity index (χ4v) is 2.47. The van der Waals surface area contributed by atoms with Gasteiger partial charge in [0.1, 0.15) is 5.60 Å². The van der Waals surface area contributed by atoms with Gasteiger partial charge in [-0.25, -0.2) is 4.79 Å². The van der Waals surface area contributed by atoms with Gasteiger partial charge in [0.2, 0.25) is 0 Å². The van der Waals surface area contributed by atoms with E-state index in [9.17, 15) is 4.79 Å². The predicted octanol–water partition coefficient (Wildman–Crippen LogP) is 2.95. The number of amides is 1. The van der Waals surface area contributed by atoms with Crippen molar-refractivity contribution < 1.29 is 9.53 Å². The third-order valence-electron chi connectivity index (χ3n) is 3.32. The monoisotopic (exact) mass is 290 g/mol. The Labute approximate surface area is 122 Å². The second-order valence-corrected chi connectivity index (χ2v) is 6.75. The molecule has 1 rings (SSSR count). The maximum Gasteiger partial charge on any atom is 0.410 e. The number of rotatable bonds is 3. The molecule has 2 atom stereocenters. The molecule has 1 aliphatic rings. The van der Waals surface area contributed by atoms with Crippen LogP contribution < -0.4 is 0 Å². The fraction of sp³-hybridized carbons (Fsp3) is 0.929. The largest absolute Gasteiger partial charge is 0.444 e. The van der Waals surface area contributed by atoms with Crippen LogP contribution in [0.1, 0.15) is 41.0 Å². The van der Waals surface area contributed by atoms with Crippen molar-refractivity contribution >= 4 is 17.7 Å². The van der Waals surface area contributed by atoms with Gasteiger partial charge in [0.25, 0.3) is 0 Å². The van der Waals surface area contributed by atoms with E-state index in [1.165, 1.54) is 0 Å². The molecule has 0 aromatic heterocycles. The standard InChI is InChI=1S/C14H27ClN2O2/c1-11-10-17(13(18)19-14(3,4)5)12(2)9-16(11)8-6-7-15/h11-12H,6-10H2,1-5H3. The van der Waals surface area contributed by atoms with E-state index in [0.717, 1.165) is 26.1 Å². The van der Waals surface area contributed by atoms with Gasteiger partial charge in [-0.3, -0.25) is 4.90 Å². The number of hydrogen-bond donors (Lipinski definition) is 0. The second-order valence-electron chi connectivity index (χ2n) is 6.37. The molecule has 1 heterocycles. The number of halogens is 1. The van der Waals surface area contributed by atoms with Crippen molar-refractivity contribution in [2.75, 3.05) is 25.5 Å². The molecule has 4 nitrogen and oxygen atoms in total. The van der Waals surface area contributed by atoms with Crippen LogP contribution in [0.3, 0.4) is 0 Å². The molecule has 1 amide bonds. The highest BCUT2D eigenvalue weighted by Crippen LogP contribution is 2.19. The van der Waals surface area contributed by atoms with E-state index in [2.05, 4.69) is 18.7 Å². The Hall–Kier alpha value is -0.480. The number of nitrogens with zero attached hydrogens (tertiary/aromatic N) is 2. The lowest BCUT2D eigenvalue weighted by atomic mass is 10.1. The zero-order valence-electron chi connectivity index (χ0n) is 12.8. The van der Waals surface area contributed by atoms with Crippen LogP contribution in [0, 0.1) is 0 Å². The van der Waals surface area contributed by atoms with Crippen LogP contribution in [0.2, 0.25) is 0 Å². The van der Waals surface area contributed by atoms with E-state index < -0.39 is 5.60 Å². The second kappa shape index (κ2) is 6.80. The maximum atomic E-state index is 12.2. The average molecular weight is 291 g/mol. The summed E-state index contributed by atoms with van der Waals surface area (Å²) in [5, 5.41) is 0. The SMILES string of the molecule is CC1CN(C(=O)OC(C)(C)C)C(C)CN1CCCCl. The molecule has 1 saturated heterocycles. The molecule has 0 radical (unpaired) electrons. The lowest BCUT2D eigenvalue weighted by Crippen LogP contribution is -2.58. The Balaban J connectivity index is 2.57. The smallest absolute Gasteiger partial charge is 0.410 e. The predicted molar refractivity (Wildman–Crippen MR) is 78.8 cm³/mol. The Bertz CT molecular complexity index is 304. The minimum atomic E-state index is -0.435. The van der Waals surface area contributed by atoms with Crippen LogP contribution in [-0.2, 0) is 4.74 Å². The van der Waals surface area contributed by atoms with Gasteiger partial charge in [-0.15, -0.1) is 11.6 Å². The molecule has 0 saturated carbocycles. The lowest BCUT2D eigenvalue weighted by Gasteiger charge is -2.44. The molecular weight excluding hydrogens is 264 g/mol. The maximum absolute atomic E-state index is 12.2. The van der Waals surface area contributed by atoms with Gasteiger partial charge in [-0.1, -0.05) is 0 Å². The van der Waals surface area contributed by atoms with Crippen LogP contribution in [0.4, 0.5) is 4.79 Å². The van der Waals surface area contributed by atoms with Gasteiger partial charge in [-0.2, -0.15) is 0 Å². The molecule has 19 heavy (non-hydrogen) atoms. The van der Waals surface area contributed by atoms with Crippen molar-refractivity contribution in [2.45, 2.75) is 58.7 Å². The van der Waals surface area contributed by atoms with Gasteiger partial charge in [0, 0.05) is 31.1 Å². The molecule has 1 aliphatic heterocycles. The van der Waals surface area contributed by atoms with Crippen LogP contribution in [-0.4, -0.2) is 59.1 Å². The van der Waals surface area contributed by atoms with Gasteiger partial charge in [-0.05, 0) is 47.6 Å². The first kappa shape index (κ1) is 16.6. The highest BCUT2D eigenvalue weighted by molar-refractivity contribution is 6.17. The van der Waals surface area contributed by atoms with E-state index in [4.69, 9.17) is 16.3 Å². The summed E-state index contributed by atoms with van der Waals surface area (Å²) in [6, 6.07) is 0.535. The summed E-state index contributed by atoms with van der Waals surface area (Å²) in [7, 11) is 0. The molecule has 1 fully saturated rings. The zero-order chi connectivity index (χ0) is 14.6. The third kappa shape index (κ3) is 5.19. The molecule has 2 unspecified atom stereocenters. The number of alkyl halides is 1. The molecule has 0 aliphatic carbocycles. The quantitative estimate of drug-likeness (QED) is 0.749. The van der Waals surface area contributed by atoms with Crippen LogP contribution in [0.15, 0.2) is 0 Å². The van der Waals surface area contributed by atoms with Crippen LogP contribution >= 0.6 is 11.6 Å². The molecule has 112 valence electrons. The van der Waals surface area contributed by atoms with Gasteiger partial charge in [0.05, 0.1) is 0 Å². The van der Waals surface area contributed by atoms with E-state index in [1.54, 1.807) is 0 Å². The van der Waals surface area contributed by atoms with E-state index in [0.29, 0.717) is 11.9 Å². The number of carbonyl (C=O) groups excluding carboxylic acids is 1. The average Bonchev–Trinajstić information content (AvgIpc) is 2.27. The number of carbonyl (C=O) groups is 1. The summed E-state index contributed by atoms with van der Waals surface area (Å²) in [5.74, 6) is 0.688. The summed E-state index contributed by atoms with van der Waals surface area (Å²) in [6.45, 7) is 12.5. The van der Waals surface area contributed by atoms with E-state index in [1.807, 2.05) is 25.7 Å². The van der Waals surface area contributed by atoms with Gasteiger partial charge in [0.15, 0.2) is 0 Å². The van der Waals surface area contributed by atoms with Crippen molar-refractivity contribution in [3.05, 3.63) is 0 Å². The van der Waals surface area contributed by atoms with Gasteiger partial charge < -0.3 is 9.64 Å². The fourth-order valence-electron chi connectivity index (χ4n) is 2.35. The summed E-state index contributed by atoms with van der Waals surface area (Å²) in [4.78, 5) is 16.4. The minimum absolute atomic E-state index is 0.182. The third-order valence-corrected chi connectivity index (χ3v) is 3.59. The Kier molecular flexibility index (Phi) is 5.93. The summed E-state index contributed by atoms with van der Waals surface area (Å²) in [6.07, 6.45) is 0.786. The number of ether oxygens (including phenoxy) is 1. The topological polar surface area (TPSA) is 32.8 Å². The molecule has 0 aromatic rings. The Morgan fingerprint density at radius 1 is 1.26 bits per heavy atom. The summed E-state index contributed by atoms with van der Waals surface area (Å²) >= 11 is 5.75. The normalized spacial score (nSPS) is 25.5. The Morgan fingerprint density at radius 3 is 2.42 bits per heavy atom. The summed E-state index contributed by atoms with van der Waals surface area (Å²) < 4.78 is 5.46. The molecule has 0 bridgehead atoms. The first-order valence-electron chi connectivity index (χ1n) is 7.04. The molecule has 0 N–H and O–H groups in total. The molecule has 0 aromatic carbocycles. The van der Waals surface area contributed by atoms with Crippen LogP contribution in [0.25, 0.3) is 0 Å². The highest BCUT2D eigenvalue weighted by Gasteiger charge is 2.33. The van der Waals surface area contributed by atoms with Gasteiger partial charge >= 0.3 is 6.09 Å². The van der Waals surface area contributed by atoms with Crippen molar-refractivity contribution in [1.82, 2.24) is 9.80 Å². The first-order chi connectivity index (χ1) is 8.74. The van der Waals surface area contributed by atoms with Crippen molar-refractivity contribution in [2.24, 2.45) is 0 Å². The summed E-state index contributed by atoms with van der Waals surface area (Å²) in [5.41, 5.74) is -0.435. The van der Waals surface area contributed by atoms with Crippen molar-refractivity contribution in [3.8, 4) is 0 Å². The van der Waals surface area contributed by atoms with Crippen molar-refractivity contribution in [1.29, 1.82) is 0 Å². The van der Waals surface area contributed by atoms with Crippen molar-refractivity contribution in [3.63, 3.8) is 0 Å². The number of hydrogen-bond acceptors (Lipinski definition) is 3. The highest BCUT2D eigenvalue weighted by atomic mass is 35.5. The minimum Gasteiger partial charge on any atom is -0.444 e. The Morgan fingerprint density at radius 2 is 1.89 bits per heavy atom. The molecular formula is C14H27ClN2O2. The van der Waals surface area contributed by atoms with Crippen LogP contribution in [0.5, 0.6) is 0 Å². The lowest BCUT2D eigenvalue weighted by molar-refractivity contribution is -0.00994. The number of piperazine rings is 1. The zero-order valence-corrected chi connectivity index (χ0v) is 13.5. The first-order valence-corrected chi connectivity index (χ1v) is 7.57. The van der Waals surface area contributed by atoms with E-state index in [-0.39, 0.29) is 12.1 Å². The van der Waals surface area contributed by atoms with E-state index >= 15 is 0 Å². The molecule has 5 heteroatoms.